The Morgan fingerprint density at radius 1 is 1.07 bits per heavy atom. The summed E-state index contributed by atoms with van der Waals surface area (Å²) < 4.78 is 7.52. The molecule has 1 saturated heterocycles. The molecule has 144 valence electrons. The van der Waals surface area contributed by atoms with E-state index in [1.54, 1.807) is 4.90 Å². The SMILES string of the molecule is Cn1nc(N2CCN(C(=O)OC(C)(C)C)CC2)c2c1-c1ccccc1CC2. The molecule has 0 saturated carbocycles. The molecule has 0 spiro atoms. The highest BCUT2D eigenvalue weighted by Gasteiger charge is 2.30. The molecule has 0 bridgehead atoms. The van der Waals surface area contributed by atoms with Gasteiger partial charge in [-0.1, -0.05) is 24.3 Å². The Bertz CT molecular complexity index is 858. The first-order chi connectivity index (χ1) is 12.8. The van der Waals surface area contributed by atoms with Crippen molar-refractivity contribution in [3.05, 3.63) is 35.4 Å². The van der Waals surface area contributed by atoms with Crippen molar-refractivity contribution < 1.29 is 9.53 Å². The summed E-state index contributed by atoms with van der Waals surface area (Å²) in [6, 6.07) is 8.61. The second-order valence-corrected chi connectivity index (χ2v) is 8.39. The van der Waals surface area contributed by atoms with Gasteiger partial charge in [0.25, 0.3) is 0 Å². The van der Waals surface area contributed by atoms with Crippen molar-refractivity contribution in [2.45, 2.75) is 39.2 Å². The van der Waals surface area contributed by atoms with Gasteiger partial charge in [-0.2, -0.15) is 5.10 Å². The molecular weight excluding hydrogens is 340 g/mol. The van der Waals surface area contributed by atoms with Crippen molar-refractivity contribution in [3.63, 3.8) is 0 Å². The molecule has 2 aliphatic rings. The van der Waals surface area contributed by atoms with Gasteiger partial charge in [-0.3, -0.25) is 4.68 Å². The monoisotopic (exact) mass is 368 g/mol. The molecule has 0 unspecified atom stereocenters. The van der Waals surface area contributed by atoms with Gasteiger partial charge in [0.15, 0.2) is 5.82 Å². The molecule has 1 fully saturated rings. The third-order valence-electron chi connectivity index (χ3n) is 5.27. The summed E-state index contributed by atoms with van der Waals surface area (Å²) in [5, 5.41) is 4.85. The minimum Gasteiger partial charge on any atom is -0.444 e. The van der Waals surface area contributed by atoms with E-state index < -0.39 is 5.60 Å². The molecule has 2 aromatic rings. The van der Waals surface area contributed by atoms with E-state index in [1.807, 2.05) is 32.5 Å². The van der Waals surface area contributed by atoms with E-state index in [-0.39, 0.29) is 6.09 Å². The fourth-order valence-corrected chi connectivity index (χ4v) is 4.03. The van der Waals surface area contributed by atoms with E-state index in [2.05, 4.69) is 29.2 Å². The number of aryl methyl sites for hydroxylation is 2. The van der Waals surface area contributed by atoms with Gasteiger partial charge in [-0.05, 0) is 39.2 Å². The van der Waals surface area contributed by atoms with E-state index in [0.29, 0.717) is 13.1 Å². The van der Waals surface area contributed by atoms with E-state index >= 15 is 0 Å². The van der Waals surface area contributed by atoms with Crippen LogP contribution in [-0.4, -0.2) is 52.6 Å². The van der Waals surface area contributed by atoms with Crippen LogP contribution >= 0.6 is 0 Å². The van der Waals surface area contributed by atoms with Gasteiger partial charge in [0, 0.05) is 44.4 Å². The first kappa shape index (κ1) is 17.9. The lowest BCUT2D eigenvalue weighted by molar-refractivity contribution is 0.0240. The zero-order valence-corrected chi connectivity index (χ0v) is 16.7. The Morgan fingerprint density at radius 2 is 1.78 bits per heavy atom. The zero-order chi connectivity index (χ0) is 19.2. The minimum atomic E-state index is -0.457. The molecule has 1 aromatic carbocycles. The number of carbonyl (C=O) groups excluding carboxylic acids is 1. The Kier molecular flexibility index (Phi) is 4.36. The molecule has 2 heterocycles. The smallest absolute Gasteiger partial charge is 0.410 e. The highest BCUT2D eigenvalue weighted by Crippen LogP contribution is 2.38. The molecule has 4 rings (SSSR count). The number of anilines is 1. The van der Waals surface area contributed by atoms with E-state index in [9.17, 15) is 4.79 Å². The van der Waals surface area contributed by atoms with E-state index in [0.717, 1.165) is 31.7 Å². The van der Waals surface area contributed by atoms with Crippen LogP contribution in [0.25, 0.3) is 11.3 Å². The molecule has 1 amide bonds. The number of hydrogen-bond acceptors (Lipinski definition) is 4. The van der Waals surface area contributed by atoms with E-state index in [1.165, 1.54) is 22.4 Å². The van der Waals surface area contributed by atoms with Crippen LogP contribution in [0, 0.1) is 0 Å². The number of fused-ring (bicyclic) bond motifs is 3. The number of amides is 1. The number of hydrogen-bond donors (Lipinski definition) is 0. The third kappa shape index (κ3) is 3.40. The molecule has 6 nitrogen and oxygen atoms in total. The molecule has 0 radical (unpaired) electrons. The van der Waals surface area contributed by atoms with Gasteiger partial charge in [-0.15, -0.1) is 0 Å². The van der Waals surface area contributed by atoms with Crippen LogP contribution in [0.4, 0.5) is 10.6 Å². The minimum absolute atomic E-state index is 0.223. The van der Waals surface area contributed by atoms with Crippen LogP contribution in [0.3, 0.4) is 0 Å². The molecule has 27 heavy (non-hydrogen) atoms. The summed E-state index contributed by atoms with van der Waals surface area (Å²) in [5.41, 5.74) is 4.81. The Morgan fingerprint density at radius 3 is 2.48 bits per heavy atom. The summed E-state index contributed by atoms with van der Waals surface area (Å²) >= 11 is 0. The predicted molar refractivity (Wildman–Crippen MR) is 106 cm³/mol. The Hall–Kier alpha value is -2.50. The van der Waals surface area contributed by atoms with Crippen molar-refractivity contribution in [1.29, 1.82) is 0 Å². The lowest BCUT2D eigenvalue weighted by atomic mass is 9.89. The van der Waals surface area contributed by atoms with Gasteiger partial charge in [0.05, 0.1) is 5.69 Å². The summed E-state index contributed by atoms with van der Waals surface area (Å²) in [7, 11) is 2.03. The van der Waals surface area contributed by atoms with Crippen molar-refractivity contribution in [2.24, 2.45) is 7.05 Å². The molecule has 1 aromatic heterocycles. The topological polar surface area (TPSA) is 50.6 Å². The normalized spacial score (nSPS) is 16.7. The van der Waals surface area contributed by atoms with Crippen molar-refractivity contribution in [3.8, 4) is 11.3 Å². The number of benzene rings is 1. The quantitative estimate of drug-likeness (QED) is 0.775. The molecule has 0 N–H and O–H groups in total. The predicted octanol–water partition coefficient (Wildman–Crippen LogP) is 3.24. The van der Waals surface area contributed by atoms with Crippen LogP contribution in [0.2, 0.25) is 0 Å². The van der Waals surface area contributed by atoms with Crippen LogP contribution in [0.15, 0.2) is 24.3 Å². The highest BCUT2D eigenvalue weighted by atomic mass is 16.6. The largest absolute Gasteiger partial charge is 0.444 e. The maximum Gasteiger partial charge on any atom is 0.410 e. The summed E-state index contributed by atoms with van der Waals surface area (Å²) in [4.78, 5) is 16.4. The average molecular weight is 368 g/mol. The van der Waals surface area contributed by atoms with Crippen LogP contribution < -0.4 is 4.90 Å². The number of nitrogens with zero attached hydrogens (tertiary/aromatic N) is 4. The standard InChI is InChI=1S/C21H28N4O2/c1-21(2,3)27-20(26)25-13-11-24(12-14-25)19-17-10-9-15-7-5-6-8-16(15)18(17)23(4)22-19/h5-8H,9-14H2,1-4H3. The first-order valence-corrected chi connectivity index (χ1v) is 9.70. The number of rotatable bonds is 1. The summed E-state index contributed by atoms with van der Waals surface area (Å²) in [5.74, 6) is 1.07. The number of aromatic nitrogens is 2. The highest BCUT2D eigenvalue weighted by molar-refractivity contribution is 5.75. The van der Waals surface area contributed by atoms with E-state index in [4.69, 9.17) is 9.84 Å². The van der Waals surface area contributed by atoms with Gasteiger partial charge >= 0.3 is 6.09 Å². The second-order valence-electron chi connectivity index (χ2n) is 8.39. The maximum atomic E-state index is 12.3. The second kappa shape index (κ2) is 6.59. The van der Waals surface area contributed by atoms with Crippen LogP contribution in [0.5, 0.6) is 0 Å². The Balaban J connectivity index is 1.52. The molecular formula is C21H28N4O2. The van der Waals surface area contributed by atoms with Gasteiger partial charge < -0.3 is 14.5 Å². The summed E-state index contributed by atoms with van der Waals surface area (Å²) in [6.07, 6.45) is 1.85. The van der Waals surface area contributed by atoms with Crippen molar-refractivity contribution in [1.82, 2.24) is 14.7 Å². The fourth-order valence-electron chi connectivity index (χ4n) is 4.03. The van der Waals surface area contributed by atoms with Crippen LogP contribution in [0.1, 0.15) is 31.9 Å². The van der Waals surface area contributed by atoms with Crippen LogP contribution in [-0.2, 0) is 24.6 Å². The van der Waals surface area contributed by atoms with Gasteiger partial charge in [0.2, 0.25) is 0 Å². The molecule has 1 aliphatic heterocycles. The van der Waals surface area contributed by atoms with Crippen molar-refractivity contribution in [2.75, 3.05) is 31.1 Å². The molecule has 1 aliphatic carbocycles. The maximum absolute atomic E-state index is 12.3. The zero-order valence-electron chi connectivity index (χ0n) is 16.7. The lowest BCUT2D eigenvalue weighted by Crippen LogP contribution is -2.50. The average Bonchev–Trinajstić information content (AvgIpc) is 2.98. The number of ether oxygens (including phenoxy) is 1. The Labute approximate surface area is 160 Å². The van der Waals surface area contributed by atoms with Gasteiger partial charge in [-0.25, -0.2) is 4.79 Å². The van der Waals surface area contributed by atoms with Gasteiger partial charge in [0.1, 0.15) is 5.60 Å². The number of piperazine rings is 1. The van der Waals surface area contributed by atoms with Crippen molar-refractivity contribution >= 4 is 11.9 Å². The summed E-state index contributed by atoms with van der Waals surface area (Å²) in [6.45, 7) is 8.60. The molecule has 6 heteroatoms. The first-order valence-electron chi connectivity index (χ1n) is 9.70. The fraction of sp³-hybridized carbons (Fsp3) is 0.524. The molecule has 0 atom stereocenters. The third-order valence-corrected chi connectivity index (χ3v) is 5.27. The number of carbonyl (C=O) groups is 1. The lowest BCUT2D eigenvalue weighted by Gasteiger charge is -2.36.